The quantitative estimate of drug-likeness (QED) is 0.231. The van der Waals surface area contributed by atoms with Crippen LogP contribution in [0.5, 0.6) is 0 Å². The molecule has 0 aromatic heterocycles. The van der Waals surface area contributed by atoms with Gasteiger partial charge in [-0.05, 0) is 113 Å². The zero-order chi connectivity index (χ0) is 42.0. The first-order valence-corrected chi connectivity index (χ1v) is 22.9. The molecule has 0 spiro atoms. The van der Waals surface area contributed by atoms with Gasteiger partial charge in [0.1, 0.15) is 5.76 Å². The van der Waals surface area contributed by atoms with E-state index in [1.54, 1.807) is 0 Å². The Bertz CT molecular complexity index is 1840. The number of hydrogen-bond acceptors (Lipinski definition) is 2. The molecule has 1 heterocycles. The van der Waals surface area contributed by atoms with Gasteiger partial charge in [0.25, 0.3) is 0 Å². The van der Waals surface area contributed by atoms with Crippen LogP contribution in [0, 0.1) is 0 Å². The van der Waals surface area contributed by atoms with Crippen molar-refractivity contribution in [2.24, 2.45) is 0 Å². The van der Waals surface area contributed by atoms with Crippen molar-refractivity contribution in [1.29, 1.82) is 0 Å². The van der Waals surface area contributed by atoms with Crippen LogP contribution in [0.25, 0.3) is 11.1 Å². The third-order valence-corrected chi connectivity index (χ3v) is 15.0. The molecule has 55 heavy (non-hydrogen) atoms. The van der Waals surface area contributed by atoms with Crippen molar-refractivity contribution in [1.82, 2.24) is 4.67 Å². The van der Waals surface area contributed by atoms with Gasteiger partial charge in [-0.15, -0.1) is 0 Å². The molecular weight excluding hydrogens is 705 g/mol. The fourth-order valence-corrected chi connectivity index (χ4v) is 12.0. The highest BCUT2D eigenvalue weighted by atomic mass is 31.2. The van der Waals surface area contributed by atoms with Crippen molar-refractivity contribution in [3.63, 3.8) is 0 Å². The Balaban J connectivity index is 2.42. The van der Waals surface area contributed by atoms with Gasteiger partial charge in [-0.2, -0.15) is 0 Å². The van der Waals surface area contributed by atoms with Gasteiger partial charge < -0.3 is 4.52 Å². The largest absolute Gasteiger partial charge is 0.452 e. The minimum atomic E-state index is -1.22. The van der Waals surface area contributed by atoms with E-state index in [-0.39, 0.29) is 32.5 Å². The fraction of sp³-hybridized carbons (Fsp3) is 0.588. The van der Waals surface area contributed by atoms with E-state index in [4.69, 9.17) is 4.52 Å². The SMILES string of the molecule is CC(C)N(C(C)C)P1OC(c2ccccc2)=C(c2c(C(C)(C)C)cc(C(C)(C)C)cc2C(C)(C)C)P=C1c1c(C(C)(C)C)cc(C(C)(C)C)cc1C(C)(C)C. The number of nitrogens with zero attached hydrogens (tertiary/aromatic N) is 1. The van der Waals surface area contributed by atoms with Crippen LogP contribution in [0.1, 0.15) is 202 Å². The van der Waals surface area contributed by atoms with Crippen molar-refractivity contribution in [3.8, 4) is 0 Å². The monoisotopic (exact) mass is 782 g/mol. The summed E-state index contributed by atoms with van der Waals surface area (Å²) in [5.41, 5.74) is 12.0. The first kappa shape index (κ1) is 45.5. The first-order valence-electron chi connectivity index (χ1n) is 20.8. The summed E-state index contributed by atoms with van der Waals surface area (Å²) in [4.78, 5) is 0. The zero-order valence-electron chi connectivity index (χ0n) is 39.1. The molecule has 0 saturated carbocycles. The van der Waals surface area contributed by atoms with Gasteiger partial charge in [0.15, 0.2) is 0 Å². The summed E-state index contributed by atoms with van der Waals surface area (Å²) in [7, 11) is 0.00566. The molecule has 0 N–H and O–H groups in total. The Kier molecular flexibility index (Phi) is 12.8. The summed E-state index contributed by atoms with van der Waals surface area (Å²) in [6.45, 7) is 52.3. The lowest BCUT2D eigenvalue weighted by Gasteiger charge is -2.43. The topological polar surface area (TPSA) is 12.5 Å². The molecule has 1 aliphatic rings. The maximum atomic E-state index is 7.88. The van der Waals surface area contributed by atoms with Gasteiger partial charge in [-0.25, -0.2) is 4.67 Å². The third kappa shape index (κ3) is 9.90. The van der Waals surface area contributed by atoms with E-state index >= 15 is 0 Å². The molecule has 0 saturated heterocycles. The van der Waals surface area contributed by atoms with Crippen molar-refractivity contribution < 1.29 is 4.52 Å². The van der Waals surface area contributed by atoms with E-state index in [0.29, 0.717) is 12.1 Å². The molecule has 3 aromatic rings. The molecule has 0 radical (unpaired) electrons. The predicted molar refractivity (Wildman–Crippen MR) is 249 cm³/mol. The van der Waals surface area contributed by atoms with E-state index in [2.05, 4.69) is 212 Å². The van der Waals surface area contributed by atoms with Crippen LogP contribution in [0.15, 0.2) is 54.6 Å². The smallest absolute Gasteiger partial charge is 0.202 e. The van der Waals surface area contributed by atoms with Crippen molar-refractivity contribution in [2.45, 2.75) is 197 Å². The average Bonchev–Trinajstić information content (AvgIpc) is 3.01. The van der Waals surface area contributed by atoms with E-state index in [1.165, 1.54) is 63.1 Å². The Morgan fingerprint density at radius 1 is 0.491 bits per heavy atom. The molecule has 4 rings (SSSR count). The summed E-state index contributed by atoms with van der Waals surface area (Å²) < 4.78 is 10.6. The van der Waals surface area contributed by atoms with Crippen molar-refractivity contribution in [3.05, 3.63) is 105 Å². The van der Waals surface area contributed by atoms with Gasteiger partial charge in [0.05, 0.1) is 10.3 Å². The summed E-state index contributed by atoms with van der Waals surface area (Å²) >= 11 is 0. The minimum Gasteiger partial charge on any atom is -0.452 e. The van der Waals surface area contributed by atoms with Crippen LogP contribution in [-0.4, -0.2) is 21.8 Å². The van der Waals surface area contributed by atoms with Gasteiger partial charge in [-0.1, -0.05) is 179 Å². The second-order valence-electron chi connectivity index (χ2n) is 22.8. The second-order valence-corrected chi connectivity index (χ2v) is 25.9. The Hall–Kier alpha value is -2.24. The molecule has 1 unspecified atom stereocenters. The number of hydrogen-bond donors (Lipinski definition) is 0. The zero-order valence-corrected chi connectivity index (χ0v) is 40.9. The van der Waals surface area contributed by atoms with Crippen LogP contribution in [0.3, 0.4) is 0 Å². The molecule has 1 atom stereocenters. The summed E-state index contributed by atoms with van der Waals surface area (Å²) in [5.74, 6) is 1.03. The van der Waals surface area contributed by atoms with Crippen LogP contribution in [-0.2, 0) is 37.0 Å². The van der Waals surface area contributed by atoms with E-state index in [0.717, 1.165) is 11.3 Å². The molecule has 302 valence electrons. The molecule has 4 heteroatoms. The molecular formula is C51H77NOP2. The van der Waals surface area contributed by atoms with Crippen LogP contribution in [0.2, 0.25) is 0 Å². The van der Waals surface area contributed by atoms with Crippen molar-refractivity contribution in [2.75, 3.05) is 0 Å². The van der Waals surface area contributed by atoms with Gasteiger partial charge in [0.2, 0.25) is 8.30 Å². The maximum absolute atomic E-state index is 7.88. The molecule has 0 amide bonds. The average molecular weight is 782 g/mol. The molecule has 2 nitrogen and oxygen atoms in total. The lowest BCUT2D eigenvalue weighted by atomic mass is 9.72. The number of rotatable bonds is 6. The van der Waals surface area contributed by atoms with Crippen LogP contribution < -0.4 is 0 Å². The summed E-state index contributed by atoms with van der Waals surface area (Å²) in [6.07, 6.45) is 0. The molecule has 0 bridgehead atoms. The molecule has 1 aliphatic heterocycles. The predicted octanol–water partition coefficient (Wildman–Crippen LogP) is 15.9. The lowest BCUT2D eigenvalue weighted by molar-refractivity contribution is 0.300. The maximum Gasteiger partial charge on any atom is 0.202 e. The molecule has 0 fully saturated rings. The van der Waals surface area contributed by atoms with E-state index < -0.39 is 8.30 Å². The van der Waals surface area contributed by atoms with E-state index in [1.807, 2.05) is 0 Å². The molecule has 0 aliphatic carbocycles. The van der Waals surface area contributed by atoms with Gasteiger partial charge >= 0.3 is 0 Å². The summed E-state index contributed by atoms with van der Waals surface area (Å²) in [5, 5.41) is 2.71. The Labute approximate surface area is 342 Å². The van der Waals surface area contributed by atoms with Gasteiger partial charge in [0, 0.05) is 17.6 Å². The summed E-state index contributed by atoms with van der Waals surface area (Å²) in [6, 6.07) is 21.7. The highest BCUT2D eigenvalue weighted by molar-refractivity contribution is 7.84. The highest BCUT2D eigenvalue weighted by Crippen LogP contribution is 2.63. The standard InChI is InChI=1S/C51H77NOP2/c1-32(2)52(33(3)4)55-45(42-39(50(17,18)19)30-36(47(8,9)10)31-40(42)51(20,21)22)54-44(43(53-55)34-26-24-23-25-27-34)41-37(48(11,12)13)28-35(46(5,6)7)29-38(41)49(14,15)16/h23-33H,1-22H3. The number of benzene rings is 3. The second kappa shape index (κ2) is 15.5. The first-order chi connectivity index (χ1) is 24.8. The highest BCUT2D eigenvalue weighted by Gasteiger charge is 2.42. The van der Waals surface area contributed by atoms with Crippen LogP contribution in [0.4, 0.5) is 0 Å². The Morgan fingerprint density at radius 2 is 0.836 bits per heavy atom. The van der Waals surface area contributed by atoms with Gasteiger partial charge in [-0.3, -0.25) is 0 Å². The Morgan fingerprint density at radius 3 is 1.15 bits per heavy atom. The van der Waals surface area contributed by atoms with E-state index in [9.17, 15) is 0 Å². The molecule has 3 aromatic carbocycles. The fourth-order valence-electron chi connectivity index (χ4n) is 7.66. The normalized spacial score (nSPS) is 17.0. The minimum absolute atomic E-state index is 0.00854. The van der Waals surface area contributed by atoms with Crippen molar-refractivity contribution >= 4 is 32.6 Å². The lowest BCUT2D eigenvalue weighted by Crippen LogP contribution is -2.36. The van der Waals surface area contributed by atoms with Crippen LogP contribution >= 0.6 is 16.5 Å². The third-order valence-electron chi connectivity index (χ3n) is 10.8.